The third kappa shape index (κ3) is 7.76. The lowest BCUT2D eigenvalue weighted by Gasteiger charge is -2.13. The van der Waals surface area contributed by atoms with Gasteiger partial charge in [-0.1, -0.05) is 52.7 Å². The number of hydrogen-bond donors (Lipinski definition) is 0. The minimum Gasteiger partial charge on any atom is -0.299 e. The van der Waals surface area contributed by atoms with E-state index < -0.39 is 0 Å². The van der Waals surface area contributed by atoms with Gasteiger partial charge in [-0.3, -0.25) is 9.69 Å². The summed E-state index contributed by atoms with van der Waals surface area (Å²) in [7, 11) is 2.09. The smallest absolute Gasteiger partial charge is 0.165 e. The predicted octanol–water partition coefficient (Wildman–Crippen LogP) is 5.50. The Labute approximate surface area is 149 Å². The Kier molecular flexibility index (Phi) is 9.12. The van der Waals surface area contributed by atoms with E-state index in [0.717, 1.165) is 42.4 Å². The average Bonchev–Trinajstić information content (AvgIpc) is 2.53. The number of benzene rings is 1. The topological polar surface area (TPSA) is 20.3 Å². The molecule has 0 aromatic heterocycles. The van der Waals surface area contributed by atoms with Gasteiger partial charge in [-0.25, -0.2) is 0 Å². The zero-order valence-corrected chi connectivity index (χ0v) is 16.1. The quantitative estimate of drug-likeness (QED) is 0.396. The van der Waals surface area contributed by atoms with E-state index in [-0.39, 0.29) is 11.7 Å². The Balaban J connectivity index is 2.36. The predicted molar refractivity (Wildman–Crippen MR) is 103 cm³/mol. The van der Waals surface area contributed by atoms with Crippen LogP contribution in [0.4, 0.5) is 0 Å². The summed E-state index contributed by atoms with van der Waals surface area (Å²) in [5.74, 6) is 0.317. The lowest BCUT2D eigenvalue weighted by Crippen LogP contribution is -2.18. The van der Waals surface area contributed by atoms with Crippen LogP contribution >= 0.6 is 15.9 Å². The second-order valence-electron chi connectivity index (χ2n) is 6.22. The standard InChI is InChI=1S/C20H28BrNO/c1-5-14-22(4)15-13-16(2)7-6-8-17(3)20(23)18-9-11-19(21)12-10-18/h5,9-13,17H,1,6-8,14-15H2,2-4H3/b16-13+. The summed E-state index contributed by atoms with van der Waals surface area (Å²) in [4.78, 5) is 14.6. The highest BCUT2D eigenvalue weighted by molar-refractivity contribution is 9.10. The summed E-state index contributed by atoms with van der Waals surface area (Å²) in [6.45, 7) is 9.80. The molecule has 0 saturated heterocycles. The number of carbonyl (C=O) groups is 1. The van der Waals surface area contributed by atoms with Crippen LogP contribution < -0.4 is 0 Å². The van der Waals surface area contributed by atoms with Crippen molar-refractivity contribution in [1.29, 1.82) is 0 Å². The van der Waals surface area contributed by atoms with Gasteiger partial charge in [0.1, 0.15) is 0 Å². The first-order chi connectivity index (χ1) is 10.9. The summed E-state index contributed by atoms with van der Waals surface area (Å²) in [5, 5.41) is 0. The maximum Gasteiger partial charge on any atom is 0.165 e. The first-order valence-electron chi connectivity index (χ1n) is 8.19. The van der Waals surface area contributed by atoms with Gasteiger partial charge in [-0.05, 0) is 45.4 Å². The highest BCUT2D eigenvalue weighted by Crippen LogP contribution is 2.18. The van der Waals surface area contributed by atoms with Crippen molar-refractivity contribution in [2.75, 3.05) is 20.1 Å². The molecule has 3 heteroatoms. The summed E-state index contributed by atoms with van der Waals surface area (Å²) < 4.78 is 1.00. The van der Waals surface area contributed by atoms with E-state index in [1.54, 1.807) is 0 Å². The molecule has 0 aliphatic carbocycles. The number of hydrogen-bond acceptors (Lipinski definition) is 2. The lowest BCUT2D eigenvalue weighted by molar-refractivity contribution is 0.0923. The fraction of sp³-hybridized carbons (Fsp3) is 0.450. The Hall–Kier alpha value is -1.19. The van der Waals surface area contributed by atoms with Crippen molar-refractivity contribution in [1.82, 2.24) is 4.90 Å². The Morgan fingerprint density at radius 1 is 1.30 bits per heavy atom. The van der Waals surface area contributed by atoms with Crippen LogP contribution in [0.15, 0.2) is 53.0 Å². The molecular weight excluding hydrogens is 350 g/mol. The number of Topliss-reactive ketones (excluding diaryl/α,β-unsaturated/α-hetero) is 1. The number of allylic oxidation sites excluding steroid dienone is 1. The molecule has 126 valence electrons. The molecule has 0 heterocycles. The number of nitrogens with zero attached hydrogens (tertiary/aromatic N) is 1. The fourth-order valence-electron chi connectivity index (χ4n) is 2.43. The minimum absolute atomic E-state index is 0.0763. The molecule has 1 atom stereocenters. The van der Waals surface area contributed by atoms with E-state index in [0.29, 0.717) is 0 Å². The van der Waals surface area contributed by atoms with Crippen LogP contribution in [0.25, 0.3) is 0 Å². The lowest BCUT2D eigenvalue weighted by atomic mass is 9.93. The second-order valence-corrected chi connectivity index (χ2v) is 7.14. The molecule has 0 spiro atoms. The van der Waals surface area contributed by atoms with Gasteiger partial charge >= 0.3 is 0 Å². The molecule has 0 aliphatic rings. The molecule has 1 aromatic rings. The summed E-state index contributed by atoms with van der Waals surface area (Å²) in [6, 6.07) is 7.63. The fourth-order valence-corrected chi connectivity index (χ4v) is 2.69. The van der Waals surface area contributed by atoms with E-state index in [1.807, 2.05) is 37.3 Å². The van der Waals surface area contributed by atoms with Gasteiger partial charge in [-0.15, -0.1) is 6.58 Å². The van der Waals surface area contributed by atoms with Gasteiger partial charge in [0.2, 0.25) is 0 Å². The molecule has 0 amide bonds. The van der Waals surface area contributed by atoms with Crippen molar-refractivity contribution in [2.24, 2.45) is 5.92 Å². The van der Waals surface area contributed by atoms with Crippen molar-refractivity contribution in [3.63, 3.8) is 0 Å². The average molecular weight is 378 g/mol. The van der Waals surface area contributed by atoms with Crippen LogP contribution in [0, 0.1) is 5.92 Å². The normalized spacial score (nSPS) is 13.2. The van der Waals surface area contributed by atoms with Gasteiger partial charge < -0.3 is 0 Å². The number of ketones is 1. The molecule has 1 aromatic carbocycles. The van der Waals surface area contributed by atoms with E-state index in [9.17, 15) is 4.79 Å². The molecule has 0 radical (unpaired) electrons. The number of likely N-dealkylation sites (N-methyl/N-ethyl adjacent to an activating group) is 1. The first kappa shape index (κ1) is 19.9. The molecule has 1 rings (SSSR count). The molecular formula is C20H28BrNO. The Bertz CT molecular complexity index is 533. The zero-order chi connectivity index (χ0) is 17.2. The molecule has 0 saturated carbocycles. The highest BCUT2D eigenvalue weighted by atomic mass is 79.9. The molecule has 23 heavy (non-hydrogen) atoms. The molecule has 1 unspecified atom stereocenters. The minimum atomic E-state index is 0.0763. The molecule has 0 aliphatic heterocycles. The van der Waals surface area contributed by atoms with Crippen molar-refractivity contribution in [3.8, 4) is 0 Å². The highest BCUT2D eigenvalue weighted by Gasteiger charge is 2.14. The monoisotopic (exact) mass is 377 g/mol. The third-order valence-corrected chi connectivity index (χ3v) is 4.51. The van der Waals surface area contributed by atoms with E-state index in [4.69, 9.17) is 0 Å². The van der Waals surface area contributed by atoms with Crippen molar-refractivity contribution < 1.29 is 4.79 Å². The van der Waals surface area contributed by atoms with Crippen LogP contribution in [-0.2, 0) is 0 Å². The SMILES string of the molecule is C=CCN(C)C/C=C(\C)CCCC(C)C(=O)c1ccc(Br)cc1. The molecule has 2 nitrogen and oxygen atoms in total. The van der Waals surface area contributed by atoms with E-state index >= 15 is 0 Å². The van der Waals surface area contributed by atoms with Crippen molar-refractivity contribution in [3.05, 3.63) is 58.6 Å². The summed E-state index contributed by atoms with van der Waals surface area (Å²) in [6.07, 6.45) is 7.22. The Morgan fingerprint density at radius 2 is 1.96 bits per heavy atom. The van der Waals surface area contributed by atoms with E-state index in [2.05, 4.69) is 47.5 Å². The van der Waals surface area contributed by atoms with Crippen LogP contribution in [0.3, 0.4) is 0 Å². The van der Waals surface area contributed by atoms with Crippen LogP contribution in [0.5, 0.6) is 0 Å². The van der Waals surface area contributed by atoms with Crippen LogP contribution in [0.2, 0.25) is 0 Å². The zero-order valence-electron chi connectivity index (χ0n) is 14.5. The van der Waals surface area contributed by atoms with Crippen LogP contribution in [0.1, 0.15) is 43.5 Å². The van der Waals surface area contributed by atoms with Gasteiger partial charge in [0.05, 0.1) is 0 Å². The van der Waals surface area contributed by atoms with Gasteiger partial charge in [-0.2, -0.15) is 0 Å². The van der Waals surface area contributed by atoms with Gasteiger partial charge in [0, 0.05) is 29.0 Å². The van der Waals surface area contributed by atoms with Crippen molar-refractivity contribution in [2.45, 2.75) is 33.1 Å². The summed E-state index contributed by atoms with van der Waals surface area (Å²) >= 11 is 3.40. The number of rotatable bonds is 10. The molecule has 0 fully saturated rings. The third-order valence-electron chi connectivity index (χ3n) is 3.98. The van der Waals surface area contributed by atoms with Crippen molar-refractivity contribution >= 4 is 21.7 Å². The summed E-state index contributed by atoms with van der Waals surface area (Å²) in [5.41, 5.74) is 2.20. The number of carbonyl (C=O) groups excluding carboxylic acids is 1. The largest absolute Gasteiger partial charge is 0.299 e. The second kappa shape index (κ2) is 10.6. The maximum absolute atomic E-state index is 12.4. The first-order valence-corrected chi connectivity index (χ1v) is 8.98. The van der Waals surface area contributed by atoms with Gasteiger partial charge in [0.15, 0.2) is 5.78 Å². The Morgan fingerprint density at radius 3 is 2.57 bits per heavy atom. The number of halogens is 1. The molecule has 0 N–H and O–H groups in total. The maximum atomic E-state index is 12.4. The molecule has 0 bridgehead atoms. The van der Waals surface area contributed by atoms with E-state index in [1.165, 1.54) is 5.57 Å². The van der Waals surface area contributed by atoms with Gasteiger partial charge in [0.25, 0.3) is 0 Å². The van der Waals surface area contributed by atoms with Crippen LogP contribution in [-0.4, -0.2) is 30.8 Å².